The highest BCUT2D eigenvalue weighted by Gasteiger charge is 2.35. The van der Waals surface area contributed by atoms with Gasteiger partial charge < -0.3 is 16.0 Å². The van der Waals surface area contributed by atoms with Gasteiger partial charge in [0.2, 0.25) is 21.8 Å². The highest BCUT2D eigenvalue weighted by atomic mass is 32.2. The van der Waals surface area contributed by atoms with Gasteiger partial charge in [0, 0.05) is 44.8 Å². The van der Waals surface area contributed by atoms with Gasteiger partial charge in [-0.3, -0.25) is 9.59 Å². The summed E-state index contributed by atoms with van der Waals surface area (Å²) in [4.78, 5) is 26.0. The van der Waals surface area contributed by atoms with E-state index in [0.717, 1.165) is 0 Å². The Morgan fingerprint density at radius 1 is 1.27 bits per heavy atom. The third-order valence-electron chi connectivity index (χ3n) is 4.43. The van der Waals surface area contributed by atoms with Gasteiger partial charge in [-0.25, -0.2) is 8.42 Å². The number of rotatable bonds is 8. The molecule has 2 amide bonds. The van der Waals surface area contributed by atoms with Crippen LogP contribution in [0.4, 0.5) is 5.69 Å². The topological polar surface area (TPSA) is 113 Å². The molecule has 0 saturated carbocycles. The number of nitrogens with two attached hydrogens (primary N) is 1. The Kier molecular flexibility index (Phi) is 6.74. The molecular weight excluding hydrogens is 356 g/mol. The molecule has 1 aliphatic heterocycles. The molecule has 8 nitrogen and oxygen atoms in total. The molecule has 9 heteroatoms. The molecule has 0 aliphatic carbocycles. The fraction of sp³-hybridized carbons (Fsp3) is 0.529. The second-order valence-electron chi connectivity index (χ2n) is 6.07. The summed E-state index contributed by atoms with van der Waals surface area (Å²) < 4.78 is 26.4. The van der Waals surface area contributed by atoms with Gasteiger partial charge in [-0.1, -0.05) is 13.8 Å². The normalized spacial score (nSPS) is 17.8. The fourth-order valence-corrected chi connectivity index (χ4v) is 4.44. The highest BCUT2D eigenvalue weighted by molar-refractivity contribution is 7.89. The molecule has 144 valence electrons. The maximum atomic E-state index is 12.5. The van der Waals surface area contributed by atoms with Gasteiger partial charge >= 0.3 is 0 Å². The van der Waals surface area contributed by atoms with E-state index in [4.69, 9.17) is 5.73 Å². The molecule has 1 fully saturated rings. The molecule has 0 spiro atoms. The van der Waals surface area contributed by atoms with E-state index in [-0.39, 0.29) is 29.7 Å². The Morgan fingerprint density at radius 3 is 2.42 bits per heavy atom. The summed E-state index contributed by atoms with van der Waals surface area (Å²) in [6.07, 6.45) is 0.135. The predicted molar refractivity (Wildman–Crippen MR) is 99.1 cm³/mol. The Morgan fingerprint density at radius 2 is 1.88 bits per heavy atom. The van der Waals surface area contributed by atoms with E-state index < -0.39 is 15.9 Å². The second kappa shape index (κ2) is 8.61. The molecule has 0 aromatic heterocycles. The summed E-state index contributed by atoms with van der Waals surface area (Å²) >= 11 is 0. The average Bonchev–Trinajstić information content (AvgIpc) is 3.02. The molecular formula is C17H26N4O4S. The van der Waals surface area contributed by atoms with Crippen LogP contribution in [0.25, 0.3) is 0 Å². The molecule has 1 unspecified atom stereocenters. The number of anilines is 1. The Labute approximate surface area is 154 Å². The van der Waals surface area contributed by atoms with Crippen molar-refractivity contribution in [1.29, 1.82) is 0 Å². The van der Waals surface area contributed by atoms with Gasteiger partial charge in [-0.2, -0.15) is 4.31 Å². The maximum absolute atomic E-state index is 12.5. The van der Waals surface area contributed by atoms with E-state index in [1.54, 1.807) is 26.0 Å². The van der Waals surface area contributed by atoms with Gasteiger partial charge in [-0.05, 0) is 24.3 Å². The number of amides is 2. The molecule has 26 heavy (non-hydrogen) atoms. The van der Waals surface area contributed by atoms with Crippen molar-refractivity contribution in [2.24, 2.45) is 11.7 Å². The summed E-state index contributed by atoms with van der Waals surface area (Å²) in [7, 11) is -3.54. The van der Waals surface area contributed by atoms with Crippen molar-refractivity contribution < 1.29 is 18.0 Å². The zero-order chi connectivity index (χ0) is 19.3. The van der Waals surface area contributed by atoms with Crippen molar-refractivity contribution in [1.82, 2.24) is 9.62 Å². The van der Waals surface area contributed by atoms with Crippen LogP contribution in [-0.2, 0) is 19.6 Å². The lowest BCUT2D eigenvalue weighted by atomic mass is 10.1. The molecule has 2 rings (SSSR count). The number of nitrogens with zero attached hydrogens (tertiary/aromatic N) is 2. The van der Waals surface area contributed by atoms with Crippen LogP contribution < -0.4 is 16.0 Å². The first-order valence-corrected chi connectivity index (χ1v) is 10.2. The molecule has 3 N–H and O–H groups in total. The van der Waals surface area contributed by atoms with Crippen LogP contribution >= 0.6 is 0 Å². The van der Waals surface area contributed by atoms with E-state index in [1.807, 2.05) is 0 Å². The summed E-state index contributed by atoms with van der Waals surface area (Å²) in [5, 5.41) is 2.69. The van der Waals surface area contributed by atoms with Crippen LogP contribution in [0, 0.1) is 5.92 Å². The van der Waals surface area contributed by atoms with E-state index in [9.17, 15) is 18.0 Å². The van der Waals surface area contributed by atoms with Crippen molar-refractivity contribution >= 4 is 27.5 Å². The summed E-state index contributed by atoms with van der Waals surface area (Å²) in [5.41, 5.74) is 5.95. The lowest BCUT2D eigenvalue weighted by Gasteiger charge is -2.20. The predicted octanol–water partition coefficient (Wildman–Crippen LogP) is 0.145. The largest absolute Gasteiger partial charge is 0.355 e. The average molecular weight is 382 g/mol. The van der Waals surface area contributed by atoms with E-state index in [1.165, 1.54) is 21.3 Å². The van der Waals surface area contributed by atoms with Crippen LogP contribution in [0.3, 0.4) is 0 Å². The lowest BCUT2D eigenvalue weighted by molar-refractivity contribution is -0.126. The molecule has 1 aromatic carbocycles. The number of hydrogen-bond donors (Lipinski definition) is 2. The van der Waals surface area contributed by atoms with E-state index in [0.29, 0.717) is 31.9 Å². The van der Waals surface area contributed by atoms with Crippen molar-refractivity contribution in [2.45, 2.75) is 25.2 Å². The van der Waals surface area contributed by atoms with Crippen LogP contribution in [0.15, 0.2) is 29.2 Å². The number of benzene rings is 1. The molecule has 0 bridgehead atoms. The first kappa shape index (κ1) is 20.3. The number of nitrogens with one attached hydrogen (secondary N) is 1. The van der Waals surface area contributed by atoms with Crippen LogP contribution in [0.1, 0.15) is 20.3 Å². The van der Waals surface area contributed by atoms with Crippen LogP contribution in [-0.4, -0.2) is 57.3 Å². The minimum absolute atomic E-state index is 0.135. The zero-order valence-corrected chi connectivity index (χ0v) is 16.0. The van der Waals surface area contributed by atoms with Gasteiger partial charge in [-0.15, -0.1) is 0 Å². The third-order valence-corrected chi connectivity index (χ3v) is 6.50. The number of carbonyl (C=O) groups is 2. The Bertz CT molecular complexity index is 745. The van der Waals surface area contributed by atoms with Crippen LogP contribution in [0.2, 0.25) is 0 Å². The molecule has 1 atom stereocenters. The Balaban J connectivity index is 2.13. The quantitative estimate of drug-likeness (QED) is 0.664. The molecule has 1 saturated heterocycles. The SMILES string of the molecule is CCN(CC)S(=O)(=O)c1ccc(N2CC(C(=O)NCCN)CC2=O)cc1. The summed E-state index contributed by atoms with van der Waals surface area (Å²) in [6, 6.07) is 6.21. The number of carbonyl (C=O) groups excluding carboxylic acids is 2. The number of sulfonamides is 1. The summed E-state index contributed by atoms with van der Waals surface area (Å²) in [5.74, 6) is -0.766. The van der Waals surface area contributed by atoms with Crippen molar-refractivity contribution in [3.05, 3.63) is 24.3 Å². The van der Waals surface area contributed by atoms with E-state index >= 15 is 0 Å². The standard InChI is InChI=1S/C17H26N4O4S/c1-3-20(4-2)26(24,25)15-7-5-14(6-8-15)21-12-13(11-16(21)22)17(23)19-10-9-18/h5-8,13H,3-4,9-12,18H2,1-2H3,(H,19,23). The van der Waals surface area contributed by atoms with Crippen molar-refractivity contribution in [3.8, 4) is 0 Å². The van der Waals surface area contributed by atoms with Gasteiger partial charge in [0.15, 0.2) is 0 Å². The highest BCUT2D eigenvalue weighted by Crippen LogP contribution is 2.27. The third kappa shape index (κ3) is 4.22. The molecule has 1 aliphatic rings. The smallest absolute Gasteiger partial charge is 0.243 e. The van der Waals surface area contributed by atoms with Crippen LogP contribution in [0.5, 0.6) is 0 Å². The first-order chi connectivity index (χ1) is 12.3. The van der Waals surface area contributed by atoms with Gasteiger partial charge in [0.1, 0.15) is 0 Å². The molecule has 1 heterocycles. The van der Waals surface area contributed by atoms with Gasteiger partial charge in [0.25, 0.3) is 0 Å². The van der Waals surface area contributed by atoms with Crippen molar-refractivity contribution in [3.63, 3.8) is 0 Å². The fourth-order valence-electron chi connectivity index (χ4n) is 2.98. The van der Waals surface area contributed by atoms with E-state index in [2.05, 4.69) is 5.32 Å². The minimum atomic E-state index is -3.54. The molecule has 0 radical (unpaired) electrons. The first-order valence-electron chi connectivity index (χ1n) is 8.73. The number of hydrogen-bond acceptors (Lipinski definition) is 5. The monoisotopic (exact) mass is 382 g/mol. The maximum Gasteiger partial charge on any atom is 0.243 e. The zero-order valence-electron chi connectivity index (χ0n) is 15.1. The lowest BCUT2D eigenvalue weighted by Crippen LogP contribution is -2.35. The molecule has 1 aromatic rings. The Hall–Kier alpha value is -1.97. The van der Waals surface area contributed by atoms with Crippen molar-refractivity contribution in [2.75, 3.05) is 37.6 Å². The second-order valence-corrected chi connectivity index (χ2v) is 8.01. The summed E-state index contributed by atoms with van der Waals surface area (Å²) in [6.45, 7) is 5.36. The van der Waals surface area contributed by atoms with Gasteiger partial charge in [0.05, 0.1) is 10.8 Å². The minimum Gasteiger partial charge on any atom is -0.355 e.